The smallest absolute Gasteiger partial charge is 0.772 e. The predicted octanol–water partition coefficient (Wildman–Crippen LogP) is -1.01. The molecule has 1 aliphatic rings. The van der Waals surface area contributed by atoms with Crippen LogP contribution in [0.25, 0.3) is 0 Å². The van der Waals surface area contributed by atoms with E-state index in [1.54, 1.807) is 0 Å². The van der Waals surface area contributed by atoms with Gasteiger partial charge in [0.1, 0.15) is 0 Å². The van der Waals surface area contributed by atoms with Gasteiger partial charge in [-0.2, -0.15) is 13.2 Å². The monoisotopic (exact) mass is 238 g/mol. The molecule has 0 aromatic heterocycles. The fraction of sp³-hybridized carbons (Fsp3) is 1.00. The first kappa shape index (κ1) is 14.9. The molecule has 0 aromatic rings. The third-order valence-corrected chi connectivity index (χ3v) is 3.43. The molecular formula is C7H10F3NaO2S. The van der Waals surface area contributed by atoms with E-state index in [0.29, 0.717) is 0 Å². The van der Waals surface area contributed by atoms with E-state index in [4.69, 9.17) is 0 Å². The summed E-state index contributed by atoms with van der Waals surface area (Å²) >= 11 is -2.21. The average molecular weight is 238 g/mol. The Morgan fingerprint density at radius 3 is 1.86 bits per heavy atom. The second-order valence-electron chi connectivity index (χ2n) is 3.28. The molecule has 78 valence electrons. The quantitative estimate of drug-likeness (QED) is 0.434. The van der Waals surface area contributed by atoms with E-state index in [9.17, 15) is 21.9 Å². The molecule has 1 fully saturated rings. The first-order valence-corrected chi connectivity index (χ1v) is 5.20. The Labute approximate surface area is 105 Å². The van der Waals surface area contributed by atoms with Crippen LogP contribution in [0.15, 0.2) is 0 Å². The number of hydrogen-bond acceptors (Lipinski definition) is 2. The number of hydrogen-bond donors (Lipinski definition) is 0. The molecule has 0 saturated heterocycles. The Balaban J connectivity index is 0.00000169. The van der Waals surface area contributed by atoms with Crippen LogP contribution in [-0.4, -0.2) is 20.2 Å². The van der Waals surface area contributed by atoms with Crippen molar-refractivity contribution in [3.05, 3.63) is 0 Å². The summed E-state index contributed by atoms with van der Waals surface area (Å²) in [4.78, 5) is 0. The van der Waals surface area contributed by atoms with Gasteiger partial charge in [0.15, 0.2) is 0 Å². The van der Waals surface area contributed by atoms with E-state index >= 15 is 0 Å². The van der Waals surface area contributed by atoms with Crippen molar-refractivity contribution < 1.29 is 51.5 Å². The largest absolute Gasteiger partial charge is 1.00 e. The minimum atomic E-state index is -4.16. The van der Waals surface area contributed by atoms with Crippen molar-refractivity contribution in [1.29, 1.82) is 0 Å². The molecule has 0 amide bonds. The Morgan fingerprint density at radius 2 is 1.57 bits per heavy atom. The van der Waals surface area contributed by atoms with E-state index in [2.05, 4.69) is 0 Å². The topological polar surface area (TPSA) is 40.1 Å². The Hall–Kier alpha value is 0.900. The van der Waals surface area contributed by atoms with Crippen LogP contribution >= 0.6 is 0 Å². The fourth-order valence-electron chi connectivity index (χ4n) is 1.58. The third kappa shape index (κ3) is 4.18. The molecule has 0 bridgehead atoms. The summed E-state index contributed by atoms with van der Waals surface area (Å²) in [6, 6.07) is 0. The first-order chi connectivity index (χ1) is 5.91. The molecule has 1 atom stereocenters. The Bertz CT molecular complexity index is 202. The minimum Gasteiger partial charge on any atom is -0.772 e. The van der Waals surface area contributed by atoms with Crippen LogP contribution in [0, 0.1) is 5.92 Å². The maximum Gasteiger partial charge on any atom is 1.00 e. The molecule has 0 N–H and O–H groups in total. The van der Waals surface area contributed by atoms with Crippen LogP contribution in [0.4, 0.5) is 13.2 Å². The zero-order chi connectivity index (χ0) is 10.1. The summed E-state index contributed by atoms with van der Waals surface area (Å²) in [7, 11) is 0. The SMILES string of the molecule is O=S([O-])C1CCC(C(F)(F)F)CC1.[Na+]. The summed E-state index contributed by atoms with van der Waals surface area (Å²) in [5.41, 5.74) is 0. The molecule has 1 aliphatic carbocycles. The molecule has 14 heavy (non-hydrogen) atoms. The summed E-state index contributed by atoms with van der Waals surface area (Å²) in [5, 5.41) is -0.571. The summed E-state index contributed by atoms with van der Waals surface area (Å²) in [6.07, 6.45) is -3.99. The van der Waals surface area contributed by atoms with Crippen LogP contribution in [0.3, 0.4) is 0 Å². The van der Waals surface area contributed by atoms with Crippen LogP contribution in [0.1, 0.15) is 25.7 Å². The van der Waals surface area contributed by atoms with E-state index in [1.807, 2.05) is 0 Å². The molecule has 0 heterocycles. The molecule has 2 nitrogen and oxygen atoms in total. The average Bonchev–Trinajstić information content (AvgIpc) is 2.03. The first-order valence-electron chi connectivity index (χ1n) is 4.06. The molecule has 0 spiro atoms. The van der Waals surface area contributed by atoms with Gasteiger partial charge in [0.2, 0.25) is 0 Å². The molecule has 0 aliphatic heterocycles. The van der Waals surface area contributed by atoms with Crippen molar-refractivity contribution in [3.63, 3.8) is 0 Å². The van der Waals surface area contributed by atoms with E-state index in [1.165, 1.54) is 0 Å². The van der Waals surface area contributed by atoms with Gasteiger partial charge >= 0.3 is 35.7 Å². The maximum absolute atomic E-state index is 12.1. The van der Waals surface area contributed by atoms with Gasteiger partial charge < -0.3 is 4.55 Å². The van der Waals surface area contributed by atoms with Crippen molar-refractivity contribution in [2.45, 2.75) is 37.1 Å². The standard InChI is InChI=1S/C7H11F3O2S.Na/c8-7(9,10)5-1-3-6(4-2-5)13(11)12;/h5-6H,1-4H2,(H,11,12);/q;+1/p-1. The van der Waals surface area contributed by atoms with Crippen LogP contribution in [0.5, 0.6) is 0 Å². The number of halogens is 3. The van der Waals surface area contributed by atoms with Crippen LogP contribution in [0.2, 0.25) is 0 Å². The second kappa shape index (κ2) is 5.84. The third-order valence-electron chi connectivity index (χ3n) is 2.41. The zero-order valence-electron chi connectivity index (χ0n) is 7.84. The van der Waals surface area contributed by atoms with Crippen molar-refractivity contribution in [3.8, 4) is 0 Å². The molecule has 1 saturated carbocycles. The summed E-state index contributed by atoms with van der Waals surface area (Å²) in [6.45, 7) is 0. The normalized spacial score (nSPS) is 30.6. The van der Waals surface area contributed by atoms with E-state index in [0.717, 1.165) is 0 Å². The van der Waals surface area contributed by atoms with Crippen LogP contribution in [-0.2, 0) is 11.1 Å². The van der Waals surface area contributed by atoms with Crippen molar-refractivity contribution in [2.24, 2.45) is 5.92 Å². The van der Waals surface area contributed by atoms with Gasteiger partial charge in [0.25, 0.3) is 0 Å². The zero-order valence-corrected chi connectivity index (χ0v) is 10.7. The molecule has 0 radical (unpaired) electrons. The summed E-state index contributed by atoms with van der Waals surface area (Å²) < 4.78 is 57.2. The predicted molar refractivity (Wildman–Crippen MR) is 40.7 cm³/mol. The minimum absolute atomic E-state index is 0. The second-order valence-corrected chi connectivity index (χ2v) is 4.46. The van der Waals surface area contributed by atoms with Crippen molar-refractivity contribution in [1.82, 2.24) is 0 Å². The molecule has 1 rings (SSSR count). The Kier molecular flexibility index (Phi) is 6.22. The van der Waals surface area contributed by atoms with Gasteiger partial charge in [-0.3, -0.25) is 4.21 Å². The van der Waals surface area contributed by atoms with Crippen molar-refractivity contribution in [2.75, 3.05) is 0 Å². The molecule has 0 aromatic carbocycles. The van der Waals surface area contributed by atoms with Gasteiger partial charge in [-0.25, -0.2) is 0 Å². The van der Waals surface area contributed by atoms with Gasteiger partial charge in [-0.05, 0) is 25.7 Å². The van der Waals surface area contributed by atoms with Gasteiger partial charge in [0, 0.05) is 5.25 Å². The fourth-order valence-corrected chi connectivity index (χ4v) is 2.24. The maximum atomic E-state index is 12.1. The molecule has 7 heteroatoms. The summed E-state index contributed by atoms with van der Waals surface area (Å²) in [5.74, 6) is -1.30. The van der Waals surface area contributed by atoms with E-state index in [-0.39, 0.29) is 55.2 Å². The molecule has 1 unspecified atom stereocenters. The Morgan fingerprint density at radius 1 is 1.14 bits per heavy atom. The van der Waals surface area contributed by atoms with Gasteiger partial charge in [-0.15, -0.1) is 0 Å². The molecular weight excluding hydrogens is 228 g/mol. The number of alkyl halides is 3. The van der Waals surface area contributed by atoms with Crippen LogP contribution < -0.4 is 29.6 Å². The van der Waals surface area contributed by atoms with Crippen molar-refractivity contribution >= 4 is 11.1 Å². The van der Waals surface area contributed by atoms with Gasteiger partial charge in [-0.1, -0.05) is 11.1 Å². The van der Waals surface area contributed by atoms with E-state index < -0.39 is 28.4 Å². The van der Waals surface area contributed by atoms with Gasteiger partial charge in [0.05, 0.1) is 5.92 Å². The number of rotatable bonds is 1.